The third-order valence-electron chi connectivity index (χ3n) is 2.67. The molecule has 0 fully saturated rings. The Morgan fingerprint density at radius 3 is 2.39 bits per heavy atom. The molecule has 2 aromatic heterocycles. The van der Waals surface area contributed by atoms with Gasteiger partial charge < -0.3 is 0 Å². The van der Waals surface area contributed by atoms with Gasteiger partial charge in [0, 0.05) is 23.7 Å². The van der Waals surface area contributed by atoms with Gasteiger partial charge in [-0.05, 0) is 23.8 Å². The summed E-state index contributed by atoms with van der Waals surface area (Å²) in [5.41, 5.74) is 1.33. The number of hydrogen-bond donors (Lipinski definition) is 0. The standard InChI is InChI=1S/C15H12N2S/c1-2-5-12(6-3-1)11-13-7-8-14(18-13)15-16-9-4-10-17-15/h1-10H,11H2. The molecular weight excluding hydrogens is 240 g/mol. The number of thiophene rings is 1. The van der Waals surface area contributed by atoms with E-state index < -0.39 is 0 Å². The Morgan fingerprint density at radius 2 is 1.61 bits per heavy atom. The van der Waals surface area contributed by atoms with Gasteiger partial charge in [-0.15, -0.1) is 11.3 Å². The lowest BCUT2D eigenvalue weighted by atomic mass is 10.1. The molecule has 0 bridgehead atoms. The SMILES string of the molecule is c1ccc(Cc2ccc(-c3ncccn3)s2)cc1. The number of rotatable bonds is 3. The molecule has 3 heteroatoms. The maximum atomic E-state index is 4.27. The predicted molar refractivity (Wildman–Crippen MR) is 74.6 cm³/mol. The van der Waals surface area contributed by atoms with E-state index in [1.165, 1.54) is 10.4 Å². The molecule has 0 amide bonds. The van der Waals surface area contributed by atoms with Gasteiger partial charge in [0.1, 0.15) is 0 Å². The van der Waals surface area contributed by atoms with Crippen molar-refractivity contribution >= 4 is 11.3 Å². The van der Waals surface area contributed by atoms with Crippen LogP contribution >= 0.6 is 11.3 Å². The number of hydrogen-bond acceptors (Lipinski definition) is 3. The van der Waals surface area contributed by atoms with Crippen LogP contribution in [0.25, 0.3) is 10.7 Å². The molecular formula is C15H12N2S. The van der Waals surface area contributed by atoms with Crippen LogP contribution in [-0.2, 0) is 6.42 Å². The summed E-state index contributed by atoms with van der Waals surface area (Å²) < 4.78 is 0. The maximum absolute atomic E-state index is 4.27. The zero-order chi connectivity index (χ0) is 12.2. The molecule has 0 atom stereocenters. The summed E-state index contributed by atoms with van der Waals surface area (Å²) in [5.74, 6) is 0.807. The van der Waals surface area contributed by atoms with Crippen LogP contribution in [0.15, 0.2) is 60.9 Å². The molecule has 0 N–H and O–H groups in total. The predicted octanol–water partition coefficient (Wildman–Crippen LogP) is 3.80. The zero-order valence-corrected chi connectivity index (χ0v) is 10.6. The highest BCUT2D eigenvalue weighted by molar-refractivity contribution is 7.15. The molecule has 3 rings (SSSR count). The average Bonchev–Trinajstić information content (AvgIpc) is 2.89. The van der Waals surface area contributed by atoms with E-state index in [9.17, 15) is 0 Å². The van der Waals surface area contributed by atoms with Gasteiger partial charge in [0.05, 0.1) is 4.88 Å². The number of benzene rings is 1. The normalized spacial score (nSPS) is 10.4. The van der Waals surface area contributed by atoms with Gasteiger partial charge >= 0.3 is 0 Å². The molecule has 88 valence electrons. The quantitative estimate of drug-likeness (QED) is 0.708. The Morgan fingerprint density at radius 1 is 0.833 bits per heavy atom. The van der Waals surface area contributed by atoms with E-state index in [1.807, 2.05) is 12.1 Å². The first kappa shape index (κ1) is 11.1. The van der Waals surface area contributed by atoms with Gasteiger partial charge in [-0.3, -0.25) is 0 Å². The fraction of sp³-hybridized carbons (Fsp3) is 0.0667. The largest absolute Gasteiger partial charge is 0.236 e. The molecule has 0 aliphatic carbocycles. The molecule has 18 heavy (non-hydrogen) atoms. The minimum Gasteiger partial charge on any atom is -0.236 e. The van der Waals surface area contributed by atoms with Crippen LogP contribution < -0.4 is 0 Å². The molecule has 0 saturated heterocycles. The summed E-state index contributed by atoms with van der Waals surface area (Å²) >= 11 is 1.76. The van der Waals surface area contributed by atoms with Crippen molar-refractivity contribution in [2.75, 3.05) is 0 Å². The summed E-state index contributed by atoms with van der Waals surface area (Å²) in [6, 6.07) is 16.6. The summed E-state index contributed by atoms with van der Waals surface area (Å²) in [4.78, 5) is 11.0. The van der Waals surface area contributed by atoms with Crippen molar-refractivity contribution in [1.82, 2.24) is 9.97 Å². The zero-order valence-electron chi connectivity index (χ0n) is 9.78. The van der Waals surface area contributed by atoms with E-state index in [-0.39, 0.29) is 0 Å². The highest BCUT2D eigenvalue weighted by Gasteiger charge is 2.05. The Labute approximate surface area is 110 Å². The number of aromatic nitrogens is 2. The molecule has 0 aliphatic heterocycles. The first-order chi connectivity index (χ1) is 8.92. The maximum Gasteiger partial charge on any atom is 0.169 e. The topological polar surface area (TPSA) is 25.8 Å². The third kappa shape index (κ3) is 2.46. The molecule has 0 unspecified atom stereocenters. The van der Waals surface area contributed by atoms with Gasteiger partial charge in [-0.1, -0.05) is 30.3 Å². The second-order valence-electron chi connectivity index (χ2n) is 4.00. The van der Waals surface area contributed by atoms with Gasteiger partial charge in [-0.25, -0.2) is 9.97 Å². The molecule has 2 heterocycles. The fourth-order valence-electron chi connectivity index (χ4n) is 1.82. The lowest BCUT2D eigenvalue weighted by molar-refractivity contribution is 1.19. The Hall–Kier alpha value is -2.00. The van der Waals surface area contributed by atoms with Crippen molar-refractivity contribution in [3.63, 3.8) is 0 Å². The highest BCUT2D eigenvalue weighted by atomic mass is 32.1. The highest BCUT2D eigenvalue weighted by Crippen LogP contribution is 2.26. The molecule has 0 radical (unpaired) electrons. The molecule has 2 nitrogen and oxygen atoms in total. The van der Waals surface area contributed by atoms with Crippen molar-refractivity contribution in [2.24, 2.45) is 0 Å². The molecule has 0 aliphatic rings. The Balaban J connectivity index is 1.82. The second-order valence-corrected chi connectivity index (χ2v) is 5.17. The first-order valence-corrected chi connectivity index (χ1v) is 6.63. The van der Waals surface area contributed by atoms with Crippen molar-refractivity contribution in [2.45, 2.75) is 6.42 Å². The van der Waals surface area contributed by atoms with Crippen molar-refractivity contribution in [1.29, 1.82) is 0 Å². The fourth-order valence-corrected chi connectivity index (χ4v) is 2.81. The average molecular weight is 252 g/mol. The van der Waals surface area contributed by atoms with Crippen molar-refractivity contribution < 1.29 is 0 Å². The Bertz CT molecular complexity index is 617. The van der Waals surface area contributed by atoms with Crippen molar-refractivity contribution in [3.05, 3.63) is 71.4 Å². The number of nitrogens with zero attached hydrogens (tertiary/aromatic N) is 2. The molecule has 0 saturated carbocycles. The summed E-state index contributed by atoms with van der Waals surface area (Å²) in [6.45, 7) is 0. The lowest BCUT2D eigenvalue weighted by Crippen LogP contribution is -1.83. The molecule has 1 aromatic carbocycles. The second kappa shape index (κ2) is 5.10. The molecule has 0 spiro atoms. The van der Waals surface area contributed by atoms with Crippen LogP contribution in [0.4, 0.5) is 0 Å². The van der Waals surface area contributed by atoms with E-state index in [0.717, 1.165) is 17.1 Å². The van der Waals surface area contributed by atoms with E-state index in [1.54, 1.807) is 23.7 Å². The Kier molecular flexibility index (Phi) is 3.15. The van der Waals surface area contributed by atoms with Crippen LogP contribution in [-0.4, -0.2) is 9.97 Å². The van der Waals surface area contributed by atoms with E-state index >= 15 is 0 Å². The summed E-state index contributed by atoms with van der Waals surface area (Å²) in [5, 5.41) is 0. The van der Waals surface area contributed by atoms with Crippen LogP contribution in [0.1, 0.15) is 10.4 Å². The van der Waals surface area contributed by atoms with Crippen molar-refractivity contribution in [3.8, 4) is 10.7 Å². The summed E-state index contributed by atoms with van der Waals surface area (Å²) in [7, 11) is 0. The van der Waals surface area contributed by atoms with E-state index in [0.29, 0.717) is 0 Å². The van der Waals surface area contributed by atoms with E-state index in [2.05, 4.69) is 46.4 Å². The minimum absolute atomic E-state index is 0.807. The van der Waals surface area contributed by atoms with Crippen LogP contribution in [0, 0.1) is 0 Å². The van der Waals surface area contributed by atoms with E-state index in [4.69, 9.17) is 0 Å². The monoisotopic (exact) mass is 252 g/mol. The van der Waals surface area contributed by atoms with Gasteiger partial charge in [0.15, 0.2) is 5.82 Å². The lowest BCUT2D eigenvalue weighted by Gasteiger charge is -1.97. The van der Waals surface area contributed by atoms with Crippen LogP contribution in [0.5, 0.6) is 0 Å². The van der Waals surface area contributed by atoms with Gasteiger partial charge in [0.25, 0.3) is 0 Å². The summed E-state index contributed by atoms with van der Waals surface area (Å²) in [6.07, 6.45) is 4.52. The third-order valence-corrected chi connectivity index (χ3v) is 3.75. The van der Waals surface area contributed by atoms with Gasteiger partial charge in [-0.2, -0.15) is 0 Å². The first-order valence-electron chi connectivity index (χ1n) is 5.82. The van der Waals surface area contributed by atoms with Crippen LogP contribution in [0.3, 0.4) is 0 Å². The molecule has 3 aromatic rings. The smallest absolute Gasteiger partial charge is 0.169 e. The van der Waals surface area contributed by atoms with Gasteiger partial charge in [0.2, 0.25) is 0 Å². The minimum atomic E-state index is 0.807. The van der Waals surface area contributed by atoms with Crippen LogP contribution in [0.2, 0.25) is 0 Å².